The quantitative estimate of drug-likeness (QED) is 0.806. The molecule has 2 rings (SSSR count). The van der Waals surface area contributed by atoms with E-state index in [1.165, 1.54) is 0 Å². The summed E-state index contributed by atoms with van der Waals surface area (Å²) in [6.07, 6.45) is 0. The van der Waals surface area contributed by atoms with Crippen LogP contribution in [0.1, 0.15) is 34.6 Å². The van der Waals surface area contributed by atoms with Gasteiger partial charge in [0, 0.05) is 19.0 Å². The summed E-state index contributed by atoms with van der Waals surface area (Å²) >= 11 is 0. The Balaban J connectivity index is 2.05. The van der Waals surface area contributed by atoms with Gasteiger partial charge in [-0.2, -0.15) is 0 Å². The number of ether oxygens (including phenoxy) is 1. The molecule has 0 radical (unpaired) electrons. The van der Waals surface area contributed by atoms with Gasteiger partial charge in [0.15, 0.2) is 0 Å². The summed E-state index contributed by atoms with van der Waals surface area (Å²) in [5.74, 6) is 0.911. The van der Waals surface area contributed by atoms with Crippen molar-refractivity contribution in [3.63, 3.8) is 0 Å². The van der Waals surface area contributed by atoms with Gasteiger partial charge >= 0.3 is 0 Å². The fourth-order valence-corrected chi connectivity index (χ4v) is 3.10. The summed E-state index contributed by atoms with van der Waals surface area (Å²) < 4.78 is 6.02. The Morgan fingerprint density at radius 1 is 1.22 bits per heavy atom. The zero-order valence-corrected chi connectivity index (χ0v) is 12.2. The van der Waals surface area contributed by atoms with Crippen molar-refractivity contribution < 1.29 is 9.53 Å². The first-order valence-corrected chi connectivity index (χ1v) is 6.90. The largest absolute Gasteiger partial charge is 0.366 e. The van der Waals surface area contributed by atoms with Crippen molar-refractivity contribution >= 4 is 5.91 Å². The fraction of sp³-hybridized carbons (Fsp3) is 0.929. The van der Waals surface area contributed by atoms with E-state index < -0.39 is 0 Å². The Labute approximate surface area is 110 Å². The number of amides is 1. The van der Waals surface area contributed by atoms with Gasteiger partial charge in [0.25, 0.3) is 0 Å². The molecule has 1 amide bonds. The lowest BCUT2D eigenvalue weighted by molar-refractivity contribution is -0.190. The van der Waals surface area contributed by atoms with Crippen molar-refractivity contribution in [3.05, 3.63) is 0 Å². The number of hydrogen-bond donors (Lipinski definition) is 1. The first-order chi connectivity index (χ1) is 8.20. The van der Waals surface area contributed by atoms with Crippen LogP contribution in [0.5, 0.6) is 0 Å². The average Bonchev–Trinajstić information content (AvgIpc) is 2.08. The summed E-state index contributed by atoms with van der Waals surface area (Å²) in [6.45, 7) is 13.6. The zero-order valence-electron chi connectivity index (χ0n) is 12.2. The minimum absolute atomic E-state index is 0.121. The van der Waals surface area contributed by atoms with Crippen LogP contribution in [-0.4, -0.2) is 48.2 Å². The number of rotatable bonds is 2. The Morgan fingerprint density at radius 2 is 1.72 bits per heavy atom. The molecule has 0 aromatic carbocycles. The van der Waals surface area contributed by atoms with Crippen molar-refractivity contribution in [1.29, 1.82) is 0 Å². The third-order valence-corrected chi connectivity index (χ3v) is 3.92. The molecule has 2 aliphatic rings. The normalized spacial score (nSPS) is 28.6. The Morgan fingerprint density at radius 3 is 2.11 bits per heavy atom. The highest BCUT2D eigenvalue weighted by atomic mass is 16.5. The van der Waals surface area contributed by atoms with Crippen LogP contribution >= 0.6 is 0 Å². The van der Waals surface area contributed by atoms with Crippen molar-refractivity contribution in [3.8, 4) is 0 Å². The first-order valence-electron chi connectivity index (χ1n) is 6.90. The van der Waals surface area contributed by atoms with E-state index in [0.717, 1.165) is 13.1 Å². The van der Waals surface area contributed by atoms with Crippen LogP contribution in [0.2, 0.25) is 0 Å². The van der Waals surface area contributed by atoms with E-state index in [4.69, 9.17) is 4.74 Å². The van der Waals surface area contributed by atoms with E-state index in [-0.39, 0.29) is 23.0 Å². The van der Waals surface area contributed by atoms with E-state index in [0.29, 0.717) is 19.0 Å². The van der Waals surface area contributed by atoms with E-state index in [2.05, 4.69) is 39.9 Å². The van der Waals surface area contributed by atoms with Crippen LogP contribution < -0.4 is 5.32 Å². The highest BCUT2D eigenvalue weighted by Crippen LogP contribution is 2.30. The molecule has 0 bridgehead atoms. The highest BCUT2D eigenvalue weighted by molar-refractivity contribution is 5.79. The molecule has 1 unspecified atom stereocenters. The van der Waals surface area contributed by atoms with Gasteiger partial charge in [-0.1, -0.05) is 6.92 Å². The van der Waals surface area contributed by atoms with Crippen LogP contribution in [-0.2, 0) is 9.53 Å². The molecule has 0 aliphatic carbocycles. The fourth-order valence-electron chi connectivity index (χ4n) is 3.10. The van der Waals surface area contributed by atoms with Crippen LogP contribution in [0.15, 0.2) is 0 Å². The second-order valence-electron chi connectivity index (χ2n) is 7.02. The summed E-state index contributed by atoms with van der Waals surface area (Å²) in [6, 6.07) is 0. The lowest BCUT2D eigenvalue weighted by Crippen LogP contribution is -2.61. The van der Waals surface area contributed by atoms with Crippen LogP contribution in [0, 0.1) is 11.8 Å². The lowest BCUT2D eigenvalue weighted by Gasteiger charge is -2.48. The van der Waals surface area contributed by atoms with Gasteiger partial charge in [0.2, 0.25) is 5.91 Å². The minimum Gasteiger partial charge on any atom is -0.366 e. The number of carbonyl (C=O) groups is 1. The molecule has 2 aliphatic heterocycles. The SMILES string of the molecule is CC(C(=O)N1CC(C)(C)OC(C)(C)C1)C1CNC1. The smallest absolute Gasteiger partial charge is 0.225 e. The predicted octanol–water partition coefficient (Wildman–Crippen LogP) is 1.26. The third kappa shape index (κ3) is 2.86. The Hall–Kier alpha value is -0.610. The molecular weight excluding hydrogens is 228 g/mol. The number of hydrogen-bond acceptors (Lipinski definition) is 3. The predicted molar refractivity (Wildman–Crippen MR) is 71.3 cm³/mol. The second-order valence-corrected chi connectivity index (χ2v) is 7.02. The van der Waals surface area contributed by atoms with E-state index >= 15 is 0 Å². The second kappa shape index (κ2) is 4.49. The molecule has 2 saturated heterocycles. The van der Waals surface area contributed by atoms with E-state index in [1.54, 1.807) is 0 Å². The number of nitrogens with zero attached hydrogens (tertiary/aromatic N) is 1. The van der Waals surface area contributed by atoms with E-state index in [1.807, 2.05) is 4.90 Å². The molecule has 0 saturated carbocycles. The van der Waals surface area contributed by atoms with Crippen molar-refractivity contribution in [1.82, 2.24) is 10.2 Å². The Bertz CT molecular complexity index is 319. The molecule has 4 nitrogen and oxygen atoms in total. The minimum atomic E-state index is -0.255. The number of nitrogens with one attached hydrogen (secondary N) is 1. The standard InChI is InChI=1S/C14H26N2O2/c1-10(11-6-15-7-11)12(17)16-8-13(2,3)18-14(4,5)9-16/h10-11,15H,6-9H2,1-5H3. The molecule has 2 fully saturated rings. The van der Waals surface area contributed by atoms with Crippen molar-refractivity contribution in [2.45, 2.75) is 45.8 Å². The molecule has 1 N–H and O–H groups in total. The van der Waals surface area contributed by atoms with Gasteiger partial charge in [-0.3, -0.25) is 4.79 Å². The van der Waals surface area contributed by atoms with Crippen molar-refractivity contribution in [2.24, 2.45) is 11.8 Å². The van der Waals surface area contributed by atoms with E-state index in [9.17, 15) is 4.79 Å². The Kier molecular flexibility index (Phi) is 3.45. The summed E-state index contributed by atoms with van der Waals surface area (Å²) in [5, 5.41) is 3.24. The highest BCUT2D eigenvalue weighted by Gasteiger charge is 2.42. The number of carbonyl (C=O) groups excluding carboxylic acids is 1. The van der Waals surface area contributed by atoms with Gasteiger partial charge in [-0.05, 0) is 46.7 Å². The monoisotopic (exact) mass is 254 g/mol. The summed E-state index contributed by atoms with van der Waals surface area (Å²) in [7, 11) is 0. The number of morpholine rings is 1. The molecule has 0 aromatic rings. The molecule has 0 spiro atoms. The van der Waals surface area contributed by atoms with Crippen molar-refractivity contribution in [2.75, 3.05) is 26.2 Å². The first kappa shape index (κ1) is 13.8. The molecule has 4 heteroatoms. The lowest BCUT2D eigenvalue weighted by atomic mass is 9.87. The molecule has 104 valence electrons. The maximum Gasteiger partial charge on any atom is 0.225 e. The summed E-state index contributed by atoms with van der Waals surface area (Å²) in [4.78, 5) is 14.5. The molecule has 18 heavy (non-hydrogen) atoms. The zero-order chi connectivity index (χ0) is 13.6. The van der Waals surface area contributed by atoms with Gasteiger partial charge in [-0.25, -0.2) is 0 Å². The van der Waals surface area contributed by atoms with Crippen LogP contribution in [0.3, 0.4) is 0 Å². The van der Waals surface area contributed by atoms with Gasteiger partial charge in [-0.15, -0.1) is 0 Å². The molecule has 1 atom stereocenters. The maximum absolute atomic E-state index is 12.6. The third-order valence-electron chi connectivity index (χ3n) is 3.92. The molecular formula is C14H26N2O2. The molecule has 2 heterocycles. The molecule has 0 aromatic heterocycles. The average molecular weight is 254 g/mol. The topological polar surface area (TPSA) is 41.6 Å². The summed E-state index contributed by atoms with van der Waals surface area (Å²) in [5.41, 5.74) is -0.510. The van der Waals surface area contributed by atoms with Gasteiger partial charge in [0.05, 0.1) is 11.2 Å². The van der Waals surface area contributed by atoms with Crippen LogP contribution in [0.25, 0.3) is 0 Å². The van der Waals surface area contributed by atoms with Crippen LogP contribution in [0.4, 0.5) is 0 Å². The van der Waals surface area contributed by atoms with Gasteiger partial charge < -0.3 is 15.0 Å². The maximum atomic E-state index is 12.6. The van der Waals surface area contributed by atoms with Gasteiger partial charge in [0.1, 0.15) is 0 Å².